The first-order chi connectivity index (χ1) is 8.17. The fourth-order valence-corrected chi connectivity index (χ4v) is 2.40. The van der Waals surface area contributed by atoms with Crippen LogP contribution < -0.4 is 5.32 Å². The third-order valence-electron chi connectivity index (χ3n) is 4.28. The first-order valence-electron chi connectivity index (χ1n) is 6.39. The van der Waals surface area contributed by atoms with E-state index in [1.54, 1.807) is 11.9 Å². The lowest BCUT2D eigenvalue weighted by Crippen LogP contribution is -2.53. The summed E-state index contributed by atoms with van der Waals surface area (Å²) >= 11 is 0. The Morgan fingerprint density at radius 3 is 2.28 bits per heavy atom. The first kappa shape index (κ1) is 15.0. The molecule has 5 heteroatoms. The van der Waals surface area contributed by atoms with Gasteiger partial charge in [0.25, 0.3) is 0 Å². The second kappa shape index (κ2) is 4.88. The van der Waals surface area contributed by atoms with Gasteiger partial charge in [-0.15, -0.1) is 0 Å². The molecule has 0 aliphatic carbocycles. The molecule has 2 N–H and O–H groups in total. The van der Waals surface area contributed by atoms with Crippen LogP contribution in [0.5, 0.6) is 0 Å². The lowest BCUT2D eigenvalue weighted by atomic mass is 9.76. The van der Waals surface area contributed by atoms with Crippen LogP contribution in [0.15, 0.2) is 0 Å². The summed E-state index contributed by atoms with van der Waals surface area (Å²) in [6.07, 6.45) is 0.533. The average molecular weight is 256 g/mol. The molecule has 104 valence electrons. The van der Waals surface area contributed by atoms with E-state index in [4.69, 9.17) is 0 Å². The van der Waals surface area contributed by atoms with Crippen molar-refractivity contribution in [1.82, 2.24) is 10.2 Å². The van der Waals surface area contributed by atoms with Crippen molar-refractivity contribution in [3.63, 3.8) is 0 Å². The van der Waals surface area contributed by atoms with Crippen molar-refractivity contribution in [3.8, 4) is 0 Å². The van der Waals surface area contributed by atoms with Crippen molar-refractivity contribution in [3.05, 3.63) is 0 Å². The van der Waals surface area contributed by atoms with Crippen molar-refractivity contribution in [2.45, 2.75) is 39.7 Å². The second-order valence-electron chi connectivity index (χ2n) is 5.97. The Balaban J connectivity index is 2.89. The highest BCUT2D eigenvalue weighted by atomic mass is 16.4. The molecule has 0 aromatic carbocycles. The minimum absolute atomic E-state index is 0.0190. The predicted octanol–water partition coefficient (Wildman–Crippen LogP) is 0.944. The molecular weight excluding hydrogens is 232 g/mol. The standard InChI is InChI=1S/C13H24N2O3/c1-9(2)13(11(17)18)6-7-15(8-13)10(16)12(3,4)14-5/h9,14H,6-8H2,1-5H3,(H,17,18). The molecule has 0 bridgehead atoms. The van der Waals surface area contributed by atoms with Crippen LogP contribution in [-0.2, 0) is 9.59 Å². The summed E-state index contributed by atoms with van der Waals surface area (Å²) in [4.78, 5) is 25.5. The Morgan fingerprint density at radius 1 is 1.39 bits per heavy atom. The summed E-state index contributed by atoms with van der Waals surface area (Å²) < 4.78 is 0. The maximum absolute atomic E-state index is 12.3. The minimum atomic E-state index is -0.796. The molecule has 1 aliphatic heterocycles. The molecule has 5 nitrogen and oxygen atoms in total. The van der Waals surface area contributed by atoms with E-state index in [9.17, 15) is 14.7 Å². The summed E-state index contributed by atoms with van der Waals surface area (Å²) in [6, 6.07) is 0. The average Bonchev–Trinajstić information content (AvgIpc) is 2.74. The number of hydrogen-bond acceptors (Lipinski definition) is 3. The van der Waals surface area contributed by atoms with Gasteiger partial charge in [0, 0.05) is 13.1 Å². The van der Waals surface area contributed by atoms with Crippen LogP contribution in [-0.4, -0.2) is 47.6 Å². The minimum Gasteiger partial charge on any atom is -0.481 e. The Bertz CT molecular complexity index is 352. The molecule has 1 atom stereocenters. The van der Waals surface area contributed by atoms with Crippen molar-refractivity contribution >= 4 is 11.9 Å². The van der Waals surface area contributed by atoms with Crippen LogP contribution >= 0.6 is 0 Å². The van der Waals surface area contributed by atoms with Crippen LogP contribution in [0.2, 0.25) is 0 Å². The van der Waals surface area contributed by atoms with Crippen LogP contribution in [0.4, 0.5) is 0 Å². The molecule has 1 heterocycles. The van der Waals surface area contributed by atoms with E-state index in [2.05, 4.69) is 5.32 Å². The predicted molar refractivity (Wildman–Crippen MR) is 69.2 cm³/mol. The molecule has 1 amide bonds. The van der Waals surface area contributed by atoms with E-state index in [1.807, 2.05) is 27.7 Å². The van der Waals surface area contributed by atoms with Crippen LogP contribution in [0.1, 0.15) is 34.1 Å². The normalized spacial score (nSPS) is 24.7. The van der Waals surface area contributed by atoms with Gasteiger partial charge in [0.1, 0.15) is 0 Å². The van der Waals surface area contributed by atoms with Gasteiger partial charge in [-0.05, 0) is 33.2 Å². The van der Waals surface area contributed by atoms with Gasteiger partial charge >= 0.3 is 5.97 Å². The third kappa shape index (κ3) is 2.36. The van der Waals surface area contributed by atoms with Crippen molar-refractivity contribution in [2.24, 2.45) is 11.3 Å². The maximum atomic E-state index is 12.3. The number of carboxylic acids is 1. The highest BCUT2D eigenvalue weighted by Gasteiger charge is 2.49. The van der Waals surface area contributed by atoms with Gasteiger partial charge in [-0.2, -0.15) is 0 Å². The van der Waals surface area contributed by atoms with Crippen molar-refractivity contribution < 1.29 is 14.7 Å². The molecule has 1 saturated heterocycles. The Morgan fingerprint density at radius 2 is 1.94 bits per heavy atom. The topological polar surface area (TPSA) is 69.6 Å². The fraction of sp³-hybridized carbons (Fsp3) is 0.846. The molecule has 0 saturated carbocycles. The molecule has 0 aromatic rings. The molecule has 0 radical (unpaired) electrons. The Kier molecular flexibility index (Phi) is 4.05. The smallest absolute Gasteiger partial charge is 0.311 e. The molecule has 0 aromatic heterocycles. The number of aliphatic carboxylic acids is 1. The van der Waals surface area contributed by atoms with E-state index in [0.29, 0.717) is 19.5 Å². The number of hydrogen-bond donors (Lipinski definition) is 2. The lowest BCUT2D eigenvalue weighted by molar-refractivity contribution is -0.151. The third-order valence-corrected chi connectivity index (χ3v) is 4.28. The number of carbonyl (C=O) groups excluding carboxylic acids is 1. The number of rotatable bonds is 4. The van der Waals surface area contributed by atoms with Gasteiger partial charge in [0.2, 0.25) is 5.91 Å². The molecule has 1 unspecified atom stereocenters. The summed E-state index contributed by atoms with van der Waals surface area (Å²) in [7, 11) is 1.74. The maximum Gasteiger partial charge on any atom is 0.311 e. The number of amides is 1. The van der Waals surface area contributed by atoms with Crippen molar-refractivity contribution in [1.29, 1.82) is 0 Å². The summed E-state index contributed by atoms with van der Waals surface area (Å²) in [6.45, 7) is 8.27. The van der Waals surface area contributed by atoms with Gasteiger partial charge in [0.15, 0.2) is 0 Å². The monoisotopic (exact) mass is 256 g/mol. The largest absolute Gasteiger partial charge is 0.481 e. The molecule has 0 spiro atoms. The number of nitrogens with zero attached hydrogens (tertiary/aromatic N) is 1. The van der Waals surface area contributed by atoms with Gasteiger partial charge < -0.3 is 15.3 Å². The number of likely N-dealkylation sites (tertiary alicyclic amines) is 1. The Labute approximate surface area is 109 Å². The highest BCUT2D eigenvalue weighted by Crippen LogP contribution is 2.38. The molecular formula is C13H24N2O3. The van der Waals surface area contributed by atoms with E-state index in [1.165, 1.54) is 0 Å². The van der Waals surface area contributed by atoms with Crippen LogP contribution in [0, 0.1) is 11.3 Å². The Hall–Kier alpha value is -1.10. The quantitative estimate of drug-likeness (QED) is 0.785. The zero-order chi connectivity index (χ0) is 14.1. The molecule has 1 fully saturated rings. The van der Waals surface area contributed by atoms with E-state index in [0.717, 1.165) is 0 Å². The first-order valence-corrected chi connectivity index (χ1v) is 6.39. The zero-order valence-corrected chi connectivity index (χ0v) is 11.9. The number of carboxylic acid groups (broad SMARTS) is 1. The van der Waals surface area contributed by atoms with E-state index < -0.39 is 16.9 Å². The second-order valence-corrected chi connectivity index (χ2v) is 5.97. The van der Waals surface area contributed by atoms with Crippen LogP contribution in [0.25, 0.3) is 0 Å². The molecule has 18 heavy (non-hydrogen) atoms. The van der Waals surface area contributed by atoms with Gasteiger partial charge in [-0.25, -0.2) is 0 Å². The summed E-state index contributed by atoms with van der Waals surface area (Å²) in [5, 5.41) is 12.4. The van der Waals surface area contributed by atoms with Gasteiger partial charge in [-0.3, -0.25) is 9.59 Å². The van der Waals surface area contributed by atoms with Crippen molar-refractivity contribution in [2.75, 3.05) is 20.1 Å². The van der Waals surface area contributed by atoms with Gasteiger partial charge in [-0.1, -0.05) is 13.8 Å². The summed E-state index contributed by atoms with van der Waals surface area (Å²) in [5.74, 6) is -0.811. The van der Waals surface area contributed by atoms with E-state index in [-0.39, 0.29) is 11.8 Å². The number of carbonyl (C=O) groups is 2. The highest BCUT2D eigenvalue weighted by molar-refractivity contribution is 5.87. The SMILES string of the molecule is CNC(C)(C)C(=O)N1CCC(C(=O)O)(C(C)C)C1. The zero-order valence-electron chi connectivity index (χ0n) is 11.9. The summed E-state index contributed by atoms with van der Waals surface area (Å²) in [5.41, 5.74) is -1.44. The van der Waals surface area contributed by atoms with Crippen LogP contribution in [0.3, 0.4) is 0 Å². The lowest BCUT2D eigenvalue weighted by Gasteiger charge is -2.32. The number of likely N-dealkylation sites (N-methyl/N-ethyl adjacent to an activating group) is 1. The van der Waals surface area contributed by atoms with Gasteiger partial charge in [0.05, 0.1) is 11.0 Å². The fourth-order valence-electron chi connectivity index (χ4n) is 2.40. The number of nitrogens with one attached hydrogen (secondary N) is 1. The van der Waals surface area contributed by atoms with E-state index >= 15 is 0 Å². The molecule has 1 rings (SSSR count). The molecule has 1 aliphatic rings.